The van der Waals surface area contributed by atoms with E-state index < -0.39 is 10.8 Å². The van der Waals surface area contributed by atoms with Crippen molar-refractivity contribution < 1.29 is 4.79 Å². The number of carbonyl (C=O) groups is 1. The van der Waals surface area contributed by atoms with E-state index in [0.717, 1.165) is 22.3 Å². The lowest BCUT2D eigenvalue weighted by atomic mass is 9.67. The summed E-state index contributed by atoms with van der Waals surface area (Å²) in [6.45, 7) is 0. The molecule has 0 amide bonds. The molecule has 0 aliphatic heterocycles. The standard InChI is InChI=1S/C51H34O/c52-49(35-29-31-43-41-25-13-15-27-45(41)50(47(43)33-35,37-17-5-1-6-18-37)38-19-7-2-8-20-38)36-30-32-44-42-26-14-16-28-46(42)51(48(44)34-36,39-21-9-3-10-22-39)40-23-11-4-12-24-40/h1-34H. The van der Waals surface area contributed by atoms with Crippen LogP contribution >= 0.6 is 0 Å². The van der Waals surface area contributed by atoms with Crippen LogP contribution in [0.15, 0.2) is 206 Å². The molecule has 0 saturated carbocycles. The third kappa shape index (κ3) is 4.14. The number of hydrogen-bond donors (Lipinski definition) is 0. The normalized spacial score (nSPS) is 14.2. The van der Waals surface area contributed by atoms with Gasteiger partial charge in [-0.25, -0.2) is 0 Å². The van der Waals surface area contributed by atoms with Crippen molar-refractivity contribution in [3.05, 3.63) is 262 Å². The van der Waals surface area contributed by atoms with Crippen LogP contribution in [0.2, 0.25) is 0 Å². The van der Waals surface area contributed by atoms with Gasteiger partial charge in [0.1, 0.15) is 0 Å². The number of ketones is 1. The smallest absolute Gasteiger partial charge is 0.193 e. The Morgan fingerprint density at radius 3 is 0.923 bits per heavy atom. The van der Waals surface area contributed by atoms with E-state index in [0.29, 0.717) is 11.1 Å². The van der Waals surface area contributed by atoms with E-state index in [1.165, 1.54) is 44.5 Å². The molecule has 8 aromatic rings. The van der Waals surface area contributed by atoms with Gasteiger partial charge in [-0.1, -0.05) is 194 Å². The molecule has 244 valence electrons. The minimum atomic E-state index is -0.569. The fourth-order valence-electron chi connectivity index (χ4n) is 9.34. The van der Waals surface area contributed by atoms with Crippen LogP contribution in [0.3, 0.4) is 0 Å². The van der Waals surface area contributed by atoms with Gasteiger partial charge in [0.05, 0.1) is 10.8 Å². The molecule has 8 aromatic carbocycles. The van der Waals surface area contributed by atoms with Crippen molar-refractivity contribution in [3.8, 4) is 22.3 Å². The van der Waals surface area contributed by atoms with Crippen molar-refractivity contribution in [2.45, 2.75) is 10.8 Å². The van der Waals surface area contributed by atoms with Crippen LogP contribution in [0.1, 0.15) is 60.4 Å². The van der Waals surface area contributed by atoms with Crippen LogP contribution in [-0.2, 0) is 10.8 Å². The second-order valence-electron chi connectivity index (χ2n) is 13.9. The highest BCUT2D eigenvalue weighted by molar-refractivity contribution is 6.10. The first-order valence-electron chi connectivity index (χ1n) is 18.0. The Morgan fingerprint density at radius 1 is 0.288 bits per heavy atom. The van der Waals surface area contributed by atoms with E-state index in [9.17, 15) is 4.79 Å². The minimum Gasteiger partial charge on any atom is -0.289 e. The van der Waals surface area contributed by atoms with Gasteiger partial charge in [-0.05, 0) is 78.9 Å². The number of hydrogen-bond acceptors (Lipinski definition) is 1. The van der Waals surface area contributed by atoms with Crippen molar-refractivity contribution in [2.24, 2.45) is 0 Å². The van der Waals surface area contributed by atoms with Crippen molar-refractivity contribution >= 4 is 5.78 Å². The van der Waals surface area contributed by atoms with Gasteiger partial charge < -0.3 is 0 Å². The fraction of sp³-hybridized carbons (Fsp3) is 0.0392. The summed E-state index contributed by atoms with van der Waals surface area (Å²) in [5.74, 6) is 0.0163. The Balaban J connectivity index is 1.19. The van der Waals surface area contributed by atoms with E-state index in [4.69, 9.17) is 0 Å². The third-order valence-corrected chi connectivity index (χ3v) is 11.4. The summed E-state index contributed by atoms with van der Waals surface area (Å²) < 4.78 is 0. The molecular weight excluding hydrogens is 629 g/mol. The van der Waals surface area contributed by atoms with Crippen LogP contribution in [0.4, 0.5) is 0 Å². The lowest BCUT2D eigenvalue weighted by Crippen LogP contribution is -2.29. The summed E-state index contributed by atoms with van der Waals surface area (Å²) in [5, 5.41) is 0. The summed E-state index contributed by atoms with van der Waals surface area (Å²) >= 11 is 0. The van der Waals surface area contributed by atoms with Gasteiger partial charge in [-0.3, -0.25) is 4.79 Å². The monoisotopic (exact) mass is 662 g/mol. The molecule has 0 aromatic heterocycles. The molecule has 0 radical (unpaired) electrons. The van der Waals surface area contributed by atoms with Gasteiger partial charge in [0.15, 0.2) is 5.78 Å². The molecule has 0 spiro atoms. The van der Waals surface area contributed by atoms with Crippen LogP contribution < -0.4 is 0 Å². The lowest BCUT2D eigenvalue weighted by Gasteiger charge is -2.34. The van der Waals surface area contributed by atoms with Crippen LogP contribution in [0.25, 0.3) is 22.3 Å². The van der Waals surface area contributed by atoms with Crippen molar-refractivity contribution in [1.29, 1.82) is 0 Å². The Kier molecular flexibility index (Phi) is 6.84. The van der Waals surface area contributed by atoms with Crippen LogP contribution in [-0.4, -0.2) is 5.78 Å². The second kappa shape index (κ2) is 11.8. The molecule has 0 bridgehead atoms. The SMILES string of the molecule is O=C(c1ccc2c(c1)C(c1ccccc1)(c1ccccc1)c1ccccc1-2)c1ccc2c(c1)C(c1ccccc1)(c1ccccc1)c1ccccc1-2. The molecule has 0 heterocycles. The summed E-state index contributed by atoms with van der Waals surface area (Å²) in [7, 11) is 0. The maximum atomic E-state index is 15.0. The molecule has 1 nitrogen and oxygen atoms in total. The third-order valence-electron chi connectivity index (χ3n) is 11.4. The number of fused-ring (bicyclic) bond motifs is 6. The number of rotatable bonds is 6. The van der Waals surface area contributed by atoms with Crippen LogP contribution in [0, 0.1) is 0 Å². The zero-order valence-corrected chi connectivity index (χ0v) is 28.5. The molecule has 0 atom stereocenters. The first-order valence-corrected chi connectivity index (χ1v) is 18.0. The summed E-state index contributed by atoms with van der Waals surface area (Å²) in [5.41, 5.74) is 14.4. The molecule has 0 fully saturated rings. The fourth-order valence-corrected chi connectivity index (χ4v) is 9.34. The average Bonchev–Trinajstić information content (AvgIpc) is 3.70. The molecule has 0 saturated heterocycles. The quantitative estimate of drug-likeness (QED) is 0.162. The zero-order valence-electron chi connectivity index (χ0n) is 28.5. The van der Waals surface area contributed by atoms with E-state index in [1.54, 1.807) is 0 Å². The van der Waals surface area contributed by atoms with Gasteiger partial charge in [0.25, 0.3) is 0 Å². The van der Waals surface area contributed by atoms with Crippen LogP contribution in [0.5, 0.6) is 0 Å². The average molecular weight is 663 g/mol. The first-order chi connectivity index (χ1) is 25.7. The predicted octanol–water partition coefficient (Wildman–Crippen LogP) is 11.6. The summed E-state index contributed by atoms with van der Waals surface area (Å²) in [4.78, 5) is 15.0. The topological polar surface area (TPSA) is 17.1 Å². The Labute approximate surface area is 304 Å². The number of benzene rings is 8. The molecule has 2 aliphatic carbocycles. The highest BCUT2D eigenvalue weighted by atomic mass is 16.1. The largest absolute Gasteiger partial charge is 0.289 e. The van der Waals surface area contributed by atoms with Gasteiger partial charge in [-0.15, -0.1) is 0 Å². The van der Waals surface area contributed by atoms with Crippen molar-refractivity contribution in [1.82, 2.24) is 0 Å². The van der Waals surface area contributed by atoms with Crippen molar-refractivity contribution in [3.63, 3.8) is 0 Å². The van der Waals surface area contributed by atoms with Gasteiger partial charge in [0.2, 0.25) is 0 Å². The first kappa shape index (κ1) is 30.3. The second-order valence-corrected chi connectivity index (χ2v) is 13.9. The Morgan fingerprint density at radius 2 is 0.577 bits per heavy atom. The molecule has 2 aliphatic rings. The molecule has 0 N–H and O–H groups in total. The van der Waals surface area contributed by atoms with Gasteiger partial charge in [0, 0.05) is 11.1 Å². The summed E-state index contributed by atoms with van der Waals surface area (Å²) in [6, 6.07) is 73.1. The molecule has 0 unspecified atom stereocenters. The van der Waals surface area contributed by atoms with E-state index >= 15 is 0 Å². The molecule has 10 rings (SSSR count). The Hall–Kier alpha value is -6.57. The molecule has 1 heteroatoms. The maximum Gasteiger partial charge on any atom is 0.193 e. The van der Waals surface area contributed by atoms with E-state index in [2.05, 4.69) is 194 Å². The lowest BCUT2D eigenvalue weighted by molar-refractivity contribution is 0.103. The zero-order chi connectivity index (χ0) is 34.7. The van der Waals surface area contributed by atoms with E-state index in [1.807, 2.05) is 12.1 Å². The van der Waals surface area contributed by atoms with E-state index in [-0.39, 0.29) is 5.78 Å². The minimum absolute atomic E-state index is 0.0163. The highest BCUT2D eigenvalue weighted by Crippen LogP contribution is 2.58. The predicted molar refractivity (Wildman–Crippen MR) is 211 cm³/mol. The molecular formula is C51H34O. The Bertz CT molecular complexity index is 2360. The highest BCUT2D eigenvalue weighted by Gasteiger charge is 2.48. The molecule has 52 heavy (non-hydrogen) atoms. The van der Waals surface area contributed by atoms with Gasteiger partial charge >= 0.3 is 0 Å². The summed E-state index contributed by atoms with van der Waals surface area (Å²) in [6.07, 6.45) is 0. The maximum absolute atomic E-state index is 15.0. The van der Waals surface area contributed by atoms with Gasteiger partial charge in [-0.2, -0.15) is 0 Å². The van der Waals surface area contributed by atoms with Crippen molar-refractivity contribution in [2.75, 3.05) is 0 Å². The number of carbonyl (C=O) groups excluding carboxylic acids is 1.